The Hall–Kier alpha value is -11.8. The number of nitrogens with zero attached hydrogens (tertiary/aromatic N) is 3. The number of fused-ring (bicyclic) bond motifs is 21. The molecule has 0 unspecified atom stereocenters. The smallest absolute Gasteiger partial charge is 0.256 e. The highest BCUT2D eigenvalue weighted by Gasteiger charge is 2.49. The van der Waals surface area contributed by atoms with Crippen LogP contribution in [0.5, 0.6) is 23.0 Å². The molecule has 6 aliphatic heterocycles. The van der Waals surface area contributed by atoms with E-state index in [2.05, 4.69) is 280 Å². The average molecular weight is 1320 g/mol. The van der Waals surface area contributed by atoms with Gasteiger partial charge in [-0.3, -0.25) is 8.61 Å². The maximum absolute atomic E-state index is 7.71. The Bertz CT molecular complexity index is 6530. The molecule has 0 aliphatic carbocycles. The van der Waals surface area contributed by atoms with E-state index in [4.69, 9.17) is 22.7 Å². The molecule has 14 heteroatoms. The third-order valence-corrected chi connectivity index (χ3v) is 23.5. The monoisotopic (exact) mass is 1320 g/mol. The molecule has 0 bridgehead atoms. The van der Waals surface area contributed by atoms with Gasteiger partial charge in [-0.05, 0) is 175 Å². The van der Waals surface area contributed by atoms with Crippen molar-refractivity contribution < 1.29 is 22.7 Å². The second kappa shape index (κ2) is 20.4. The van der Waals surface area contributed by atoms with Crippen molar-refractivity contribution in [3.63, 3.8) is 0 Å². The topological polar surface area (TPSA) is 79.6 Å². The first kappa shape index (κ1) is 55.2. The Morgan fingerprint density at radius 3 is 1.35 bits per heavy atom. The zero-order chi connectivity index (χ0) is 65.3. The van der Waals surface area contributed by atoms with E-state index in [1.165, 1.54) is 27.3 Å². The largest absolute Gasteiger partial charge is 0.458 e. The molecule has 9 nitrogen and oxygen atoms in total. The number of rotatable bonds is 6. The minimum atomic E-state index is -0.267. The number of anilines is 9. The molecule has 100 heavy (non-hydrogen) atoms. The molecule has 0 spiro atoms. The number of para-hydroxylation sites is 9. The highest BCUT2D eigenvalue weighted by molar-refractivity contribution is 8.00. The Kier molecular flexibility index (Phi) is 11.3. The molecule has 466 valence electrons. The van der Waals surface area contributed by atoms with E-state index in [9.17, 15) is 0 Å². The lowest BCUT2D eigenvalue weighted by atomic mass is 9.29. The van der Waals surface area contributed by atoms with Crippen molar-refractivity contribution in [2.45, 2.75) is 0 Å². The van der Waals surface area contributed by atoms with E-state index in [1.807, 2.05) is 18.2 Å². The summed E-state index contributed by atoms with van der Waals surface area (Å²) in [6.07, 6.45) is 4.37. The highest BCUT2D eigenvalue weighted by Crippen LogP contribution is 2.51. The second-order valence-electron chi connectivity index (χ2n) is 26.9. The fourth-order valence-corrected chi connectivity index (χ4v) is 19.2. The number of hydrogen-bond donors (Lipinski definition) is 1. The molecule has 6 aliphatic rings. The van der Waals surface area contributed by atoms with E-state index < -0.39 is 0 Å². The van der Waals surface area contributed by atoms with Crippen molar-refractivity contribution in [3.05, 3.63) is 267 Å². The summed E-state index contributed by atoms with van der Waals surface area (Å²) < 4.78 is 40.1. The molecule has 17 aromatic rings. The van der Waals surface area contributed by atoms with Gasteiger partial charge in [0.2, 0.25) is 0 Å². The third kappa shape index (κ3) is 7.48. The van der Waals surface area contributed by atoms with Crippen LogP contribution < -0.4 is 77.5 Å². The molecule has 23 rings (SSSR count). The van der Waals surface area contributed by atoms with Gasteiger partial charge in [0.25, 0.3) is 20.1 Å². The predicted octanol–water partition coefficient (Wildman–Crippen LogP) is 17.4. The summed E-state index contributed by atoms with van der Waals surface area (Å²) in [4.78, 5) is 2.47. The molecule has 9 heterocycles. The van der Waals surface area contributed by atoms with Gasteiger partial charge < -0.3 is 32.9 Å². The zero-order valence-corrected chi connectivity index (χ0v) is 55.5. The predicted molar refractivity (Wildman–Crippen MR) is 420 cm³/mol. The first-order valence-corrected chi connectivity index (χ1v) is 36.3. The Morgan fingerprint density at radius 1 is 0.300 bits per heavy atom. The van der Waals surface area contributed by atoms with Crippen LogP contribution in [0.1, 0.15) is 0 Å². The van der Waals surface area contributed by atoms with Crippen LogP contribution >= 0.6 is 23.9 Å². The van der Waals surface area contributed by atoms with Gasteiger partial charge in [-0.15, -0.1) is 0 Å². The molecular formula is C86H51B3N4O5S2. The van der Waals surface area contributed by atoms with E-state index in [0.29, 0.717) is 0 Å². The number of ether oxygens (including phenoxy) is 2. The minimum absolute atomic E-state index is 0.149. The van der Waals surface area contributed by atoms with Gasteiger partial charge in [0.15, 0.2) is 0 Å². The van der Waals surface area contributed by atoms with Crippen molar-refractivity contribution in [2.75, 3.05) is 31.3 Å². The van der Waals surface area contributed by atoms with Crippen LogP contribution in [0.4, 0.5) is 51.2 Å². The Labute approximate surface area is 583 Å². The minimum Gasteiger partial charge on any atom is -0.458 e. The summed E-state index contributed by atoms with van der Waals surface area (Å²) in [6, 6.07) is 96.9. The standard InChI is InChI=1S/C86H51B3N4O5S2/c1-99-92-69-45-66-62(87-60-30-9-11-32-68(60)91(50-19-4-3-5-20-50)71-38-47(37-67(90-66)81(71)87)51-24-16-27-57-54-21-6-12-33-74(54)96-84(51)57)43-63(69)89-65-44-64-70(46-78(65)95-80-42-49(40-73(92)83(80)89)53-26-18-29-59-56-23-8-14-35-76(56)98-86(53)59)93(100-2)72-39-48(41-79-82(72)88(64)61-31-10-15-36-77(61)94-79)52-25-17-28-58-55-22-7-13-34-75(55)97-85(52)58/h3-46,90H,1-2H3. The van der Waals surface area contributed by atoms with Crippen LogP contribution in [0, 0.1) is 0 Å². The van der Waals surface area contributed by atoms with Crippen LogP contribution in [0.3, 0.4) is 0 Å². The van der Waals surface area contributed by atoms with Crippen molar-refractivity contribution in [1.82, 2.24) is 0 Å². The van der Waals surface area contributed by atoms with E-state index >= 15 is 0 Å². The van der Waals surface area contributed by atoms with Crippen LogP contribution in [-0.4, -0.2) is 32.6 Å². The summed E-state index contributed by atoms with van der Waals surface area (Å²) in [5, 5.41) is 10.7. The highest BCUT2D eigenvalue weighted by atomic mass is 32.2. The zero-order valence-electron chi connectivity index (χ0n) is 53.8. The quantitative estimate of drug-likeness (QED) is 0.128. The van der Waals surface area contributed by atoms with Crippen LogP contribution in [0.25, 0.3) is 99.2 Å². The van der Waals surface area contributed by atoms with E-state index in [1.54, 1.807) is 23.9 Å². The molecule has 0 saturated carbocycles. The van der Waals surface area contributed by atoms with Crippen molar-refractivity contribution in [3.8, 4) is 56.4 Å². The van der Waals surface area contributed by atoms with Gasteiger partial charge in [-0.2, -0.15) is 0 Å². The SMILES string of the molecule is CSN1c2cc3c(cc2B2c4cc5c(cc4Oc4cc(-c6cccc7c6oc6ccccc67)cc1c42)N(SC)c1cc(-c2cccc4c2oc2ccccc24)cc2c1B5c1ccccc1O2)B1c2ccccc2N(c2ccccc2)c2cc(-c4cccc5c4oc4ccccc45)cc(c21)N3. The van der Waals surface area contributed by atoms with E-state index in [0.717, 1.165) is 195 Å². The summed E-state index contributed by atoms with van der Waals surface area (Å²) in [5.41, 5.74) is 31.6. The van der Waals surface area contributed by atoms with Gasteiger partial charge in [0, 0.05) is 102 Å². The number of benzene rings is 14. The molecule has 3 aromatic heterocycles. The summed E-state index contributed by atoms with van der Waals surface area (Å²) >= 11 is 3.42. The van der Waals surface area contributed by atoms with Crippen molar-refractivity contribution in [1.29, 1.82) is 0 Å². The normalized spacial score (nSPS) is 13.9. The maximum Gasteiger partial charge on any atom is 0.256 e. The lowest BCUT2D eigenvalue weighted by Crippen LogP contribution is -2.65. The second-order valence-corrected chi connectivity index (χ2v) is 28.4. The summed E-state index contributed by atoms with van der Waals surface area (Å²) in [5.74, 6) is 3.30. The molecule has 0 saturated heterocycles. The molecule has 1 N–H and O–H groups in total. The summed E-state index contributed by atoms with van der Waals surface area (Å²) in [7, 11) is 0. The number of hydrogen-bond acceptors (Lipinski definition) is 11. The Balaban J connectivity index is 0.763. The molecule has 0 atom stereocenters. The average Bonchev–Trinajstić information content (AvgIpc) is 0.806. The molecule has 14 aromatic carbocycles. The number of furan rings is 3. The van der Waals surface area contributed by atoms with Crippen molar-refractivity contribution in [2.24, 2.45) is 0 Å². The fourth-order valence-electron chi connectivity index (χ4n) is 17.8. The molecular weight excluding hydrogens is 1270 g/mol. The van der Waals surface area contributed by atoms with Gasteiger partial charge in [0.05, 0.1) is 17.1 Å². The first-order valence-electron chi connectivity index (χ1n) is 33.9. The molecule has 0 radical (unpaired) electrons. The lowest BCUT2D eigenvalue weighted by molar-refractivity contribution is 0.487. The van der Waals surface area contributed by atoms with E-state index in [-0.39, 0.29) is 20.1 Å². The Morgan fingerprint density at radius 2 is 0.760 bits per heavy atom. The van der Waals surface area contributed by atoms with Gasteiger partial charge >= 0.3 is 0 Å². The lowest BCUT2D eigenvalue weighted by Gasteiger charge is -2.44. The van der Waals surface area contributed by atoms with Gasteiger partial charge in [0.1, 0.15) is 56.5 Å². The molecule has 0 amide bonds. The van der Waals surface area contributed by atoms with Crippen LogP contribution in [-0.2, 0) is 0 Å². The third-order valence-electron chi connectivity index (χ3n) is 21.9. The molecule has 0 fully saturated rings. The van der Waals surface area contributed by atoms with Crippen LogP contribution in [0.2, 0.25) is 0 Å². The maximum atomic E-state index is 7.71. The first-order chi connectivity index (χ1) is 49.5. The van der Waals surface area contributed by atoms with Crippen molar-refractivity contribution >= 4 is 210 Å². The van der Waals surface area contributed by atoms with Gasteiger partial charge in [-0.1, -0.05) is 176 Å². The summed E-state index contributed by atoms with van der Waals surface area (Å²) in [6.45, 7) is -0.591. The van der Waals surface area contributed by atoms with Gasteiger partial charge in [-0.25, -0.2) is 0 Å². The van der Waals surface area contributed by atoms with Crippen LogP contribution in [0.15, 0.2) is 280 Å². The number of nitrogens with one attached hydrogen (secondary N) is 1. The fraction of sp³-hybridized carbons (Fsp3) is 0.0233.